The molecule has 0 atom stereocenters. The summed E-state index contributed by atoms with van der Waals surface area (Å²) in [7, 11) is 0. The lowest BCUT2D eigenvalue weighted by molar-refractivity contribution is 0.0490. The van der Waals surface area contributed by atoms with Crippen LogP contribution in [0.2, 0.25) is 0 Å². The Bertz CT molecular complexity index is 886. The number of nitrogens with one attached hydrogen (secondary N) is 3. The number of carbonyl (C=O) groups excluding carboxylic acids is 1. The van der Waals surface area contributed by atoms with Gasteiger partial charge < -0.3 is 20.7 Å². The molecule has 2 aromatic heterocycles. The Kier molecular flexibility index (Phi) is 9.98. The van der Waals surface area contributed by atoms with Crippen LogP contribution in [-0.4, -0.2) is 57.4 Å². The van der Waals surface area contributed by atoms with Gasteiger partial charge in [-0.2, -0.15) is 0 Å². The Morgan fingerprint density at radius 3 is 2.50 bits per heavy atom. The number of amides is 1. The number of halogens is 1. The van der Waals surface area contributed by atoms with Gasteiger partial charge in [0.1, 0.15) is 11.4 Å². The first-order chi connectivity index (χ1) is 14.8. The lowest BCUT2D eigenvalue weighted by Crippen LogP contribution is -2.48. The van der Waals surface area contributed by atoms with Crippen molar-refractivity contribution in [1.82, 2.24) is 30.5 Å². The lowest BCUT2D eigenvalue weighted by Gasteiger charge is -2.31. The summed E-state index contributed by atoms with van der Waals surface area (Å²) in [6.07, 6.45) is 6.14. The standard InChI is InChI=1S/C22H35N7O2.HI/c1-5-23-20(24-14-13-19-28-27-18-8-6-7-15-29(18)19)25-16-9-11-17(12-10-16)26-21(30)31-22(2,3)4;/h6-8,15-17H,5,9-14H2,1-4H3,(H,26,30)(H2,23,24,25);1H. The maximum atomic E-state index is 12.0. The SMILES string of the molecule is CCNC(=NCCc1nnc2ccccn12)NC1CCC(NC(=O)OC(C)(C)C)CC1.I. The predicted octanol–water partition coefficient (Wildman–Crippen LogP) is 3.28. The van der Waals surface area contributed by atoms with Gasteiger partial charge in [0.2, 0.25) is 0 Å². The zero-order chi connectivity index (χ0) is 22.3. The Balaban J connectivity index is 0.00000363. The highest BCUT2D eigenvalue weighted by Crippen LogP contribution is 2.19. The molecule has 1 amide bonds. The van der Waals surface area contributed by atoms with Crippen LogP contribution in [-0.2, 0) is 11.2 Å². The maximum Gasteiger partial charge on any atom is 0.407 e. The molecule has 0 unspecified atom stereocenters. The first kappa shape index (κ1) is 26.1. The van der Waals surface area contributed by atoms with Gasteiger partial charge in [0.15, 0.2) is 11.6 Å². The predicted molar refractivity (Wildman–Crippen MR) is 137 cm³/mol. The molecule has 2 aromatic rings. The molecule has 0 bridgehead atoms. The molecule has 1 aliphatic rings. The lowest BCUT2D eigenvalue weighted by atomic mass is 9.91. The molecule has 9 nitrogen and oxygen atoms in total. The molecule has 1 fully saturated rings. The van der Waals surface area contributed by atoms with Crippen LogP contribution in [0.1, 0.15) is 59.2 Å². The zero-order valence-corrected chi connectivity index (χ0v) is 21.8. The molecule has 0 spiro atoms. The fourth-order valence-electron chi connectivity index (χ4n) is 3.70. The van der Waals surface area contributed by atoms with Crippen molar-refractivity contribution in [2.45, 2.75) is 77.5 Å². The van der Waals surface area contributed by atoms with Gasteiger partial charge in [0.05, 0.1) is 0 Å². The van der Waals surface area contributed by atoms with Crippen LogP contribution in [0.3, 0.4) is 0 Å². The number of ether oxygens (including phenoxy) is 1. The molecular formula is C22H36IN7O2. The van der Waals surface area contributed by atoms with E-state index in [2.05, 4.69) is 33.1 Å². The first-order valence-electron chi connectivity index (χ1n) is 11.2. The van der Waals surface area contributed by atoms with E-state index in [4.69, 9.17) is 9.73 Å². The van der Waals surface area contributed by atoms with Gasteiger partial charge in [-0.1, -0.05) is 6.07 Å². The van der Waals surface area contributed by atoms with Crippen molar-refractivity contribution in [3.63, 3.8) is 0 Å². The third-order valence-electron chi connectivity index (χ3n) is 5.12. The van der Waals surface area contributed by atoms with E-state index in [1.54, 1.807) is 0 Å². The number of hydrogen-bond acceptors (Lipinski definition) is 5. The molecule has 2 heterocycles. The van der Waals surface area contributed by atoms with Crippen LogP contribution in [0.25, 0.3) is 5.65 Å². The van der Waals surface area contributed by atoms with Gasteiger partial charge in [-0.3, -0.25) is 9.39 Å². The zero-order valence-electron chi connectivity index (χ0n) is 19.4. The third kappa shape index (κ3) is 8.10. The Morgan fingerprint density at radius 1 is 1.16 bits per heavy atom. The number of nitrogens with zero attached hydrogens (tertiary/aromatic N) is 4. The van der Waals surface area contributed by atoms with E-state index in [-0.39, 0.29) is 36.1 Å². The number of aliphatic imine (C=N–C) groups is 1. The van der Waals surface area contributed by atoms with E-state index < -0.39 is 5.60 Å². The molecule has 0 aromatic carbocycles. The van der Waals surface area contributed by atoms with Crippen molar-refractivity contribution in [3.8, 4) is 0 Å². The normalized spacial score (nSPS) is 19.2. The largest absolute Gasteiger partial charge is 0.444 e. The number of fused-ring (bicyclic) bond motifs is 1. The van der Waals surface area contributed by atoms with Crippen molar-refractivity contribution >= 4 is 41.7 Å². The molecule has 10 heteroatoms. The van der Waals surface area contributed by atoms with E-state index in [0.29, 0.717) is 19.0 Å². The Morgan fingerprint density at radius 2 is 1.84 bits per heavy atom. The molecular weight excluding hydrogens is 521 g/mol. The van der Waals surface area contributed by atoms with Crippen LogP contribution in [0.15, 0.2) is 29.4 Å². The molecule has 0 aliphatic heterocycles. The monoisotopic (exact) mass is 557 g/mol. The van der Waals surface area contributed by atoms with Gasteiger partial charge in [0.25, 0.3) is 0 Å². The quantitative estimate of drug-likeness (QED) is 0.286. The Labute approximate surface area is 207 Å². The molecule has 1 saturated carbocycles. The number of rotatable bonds is 6. The summed E-state index contributed by atoms with van der Waals surface area (Å²) in [4.78, 5) is 16.7. The summed E-state index contributed by atoms with van der Waals surface area (Å²) < 4.78 is 7.35. The van der Waals surface area contributed by atoms with E-state index in [9.17, 15) is 4.79 Å². The highest BCUT2D eigenvalue weighted by molar-refractivity contribution is 14.0. The minimum absolute atomic E-state index is 0. The van der Waals surface area contributed by atoms with E-state index in [1.165, 1.54) is 0 Å². The average Bonchev–Trinajstić information content (AvgIpc) is 3.11. The number of hydrogen-bond donors (Lipinski definition) is 3. The van der Waals surface area contributed by atoms with Crippen LogP contribution in [0.4, 0.5) is 4.79 Å². The van der Waals surface area contributed by atoms with Gasteiger partial charge in [-0.05, 0) is 65.5 Å². The smallest absolute Gasteiger partial charge is 0.407 e. The fraction of sp³-hybridized carbons (Fsp3) is 0.636. The number of aromatic nitrogens is 3. The minimum Gasteiger partial charge on any atom is -0.444 e. The number of pyridine rings is 1. The molecule has 1 aliphatic carbocycles. The second-order valence-electron chi connectivity index (χ2n) is 8.89. The summed E-state index contributed by atoms with van der Waals surface area (Å²) in [6.45, 7) is 9.11. The first-order valence-corrected chi connectivity index (χ1v) is 11.2. The molecule has 3 rings (SSSR count). The highest BCUT2D eigenvalue weighted by Gasteiger charge is 2.25. The second kappa shape index (κ2) is 12.2. The maximum absolute atomic E-state index is 12.0. The molecule has 0 radical (unpaired) electrons. The summed E-state index contributed by atoms with van der Waals surface area (Å²) in [5.41, 5.74) is 0.377. The van der Waals surface area contributed by atoms with E-state index in [0.717, 1.165) is 49.7 Å². The Hall–Kier alpha value is -2.11. The minimum atomic E-state index is -0.473. The van der Waals surface area contributed by atoms with Crippen LogP contribution >= 0.6 is 24.0 Å². The van der Waals surface area contributed by atoms with Gasteiger partial charge >= 0.3 is 6.09 Å². The van der Waals surface area contributed by atoms with Gasteiger partial charge in [-0.25, -0.2) is 4.79 Å². The third-order valence-corrected chi connectivity index (χ3v) is 5.12. The highest BCUT2D eigenvalue weighted by atomic mass is 127. The average molecular weight is 557 g/mol. The van der Waals surface area contributed by atoms with Gasteiger partial charge in [-0.15, -0.1) is 34.2 Å². The summed E-state index contributed by atoms with van der Waals surface area (Å²) >= 11 is 0. The van der Waals surface area contributed by atoms with E-state index >= 15 is 0 Å². The summed E-state index contributed by atoms with van der Waals surface area (Å²) in [5, 5.41) is 18.3. The van der Waals surface area contributed by atoms with Crippen LogP contribution in [0.5, 0.6) is 0 Å². The second-order valence-corrected chi connectivity index (χ2v) is 8.89. The van der Waals surface area contributed by atoms with Crippen LogP contribution < -0.4 is 16.0 Å². The van der Waals surface area contributed by atoms with Crippen molar-refractivity contribution in [2.75, 3.05) is 13.1 Å². The van der Waals surface area contributed by atoms with Crippen molar-refractivity contribution in [1.29, 1.82) is 0 Å². The molecule has 178 valence electrons. The number of carbonyl (C=O) groups is 1. The van der Waals surface area contributed by atoms with E-state index in [1.807, 2.05) is 49.6 Å². The summed E-state index contributed by atoms with van der Waals surface area (Å²) in [5.74, 6) is 1.73. The van der Waals surface area contributed by atoms with Crippen molar-refractivity contribution in [2.24, 2.45) is 4.99 Å². The van der Waals surface area contributed by atoms with Crippen LogP contribution in [0, 0.1) is 0 Å². The number of alkyl carbamates (subject to hydrolysis) is 1. The molecule has 3 N–H and O–H groups in total. The fourth-order valence-corrected chi connectivity index (χ4v) is 3.70. The van der Waals surface area contributed by atoms with Gasteiger partial charge in [0, 0.05) is 37.8 Å². The molecule has 32 heavy (non-hydrogen) atoms. The summed E-state index contributed by atoms with van der Waals surface area (Å²) in [6, 6.07) is 6.37. The van der Waals surface area contributed by atoms with Crippen molar-refractivity contribution in [3.05, 3.63) is 30.2 Å². The molecule has 0 saturated heterocycles. The number of guanidine groups is 1. The van der Waals surface area contributed by atoms with Crippen molar-refractivity contribution < 1.29 is 9.53 Å². The topological polar surface area (TPSA) is 105 Å².